The van der Waals surface area contributed by atoms with Crippen LogP contribution in [0.5, 0.6) is 0 Å². The van der Waals surface area contributed by atoms with Gasteiger partial charge < -0.3 is 5.11 Å². The highest BCUT2D eigenvalue weighted by Crippen LogP contribution is 2.02. The topological polar surface area (TPSA) is 20.2 Å². The lowest BCUT2D eigenvalue weighted by molar-refractivity contribution is 0.334. The minimum atomic E-state index is 0.141. The van der Waals surface area contributed by atoms with Gasteiger partial charge in [0.2, 0.25) is 0 Å². The van der Waals surface area contributed by atoms with Crippen LogP contribution in [0.1, 0.15) is 20.8 Å². The summed E-state index contributed by atoms with van der Waals surface area (Å²) in [7, 11) is 0. The maximum absolute atomic E-state index is 8.79. The van der Waals surface area contributed by atoms with E-state index in [9.17, 15) is 0 Å². The molecule has 0 aromatic rings. The van der Waals surface area contributed by atoms with Crippen molar-refractivity contribution in [3.05, 3.63) is 23.8 Å². The van der Waals surface area contributed by atoms with Gasteiger partial charge in [0.1, 0.15) is 0 Å². The molecule has 1 heteroatoms. The van der Waals surface area contributed by atoms with Crippen LogP contribution in [0.3, 0.4) is 0 Å². The standard InChI is InChI=1S/C9H16O/c1-4-5-9(7-10)6-8(2)3/h4-6,8,10H,7H2,1-3H3/b5-4-,9-6+. The summed E-state index contributed by atoms with van der Waals surface area (Å²) in [4.78, 5) is 0. The minimum absolute atomic E-state index is 0.141. The molecule has 0 aliphatic heterocycles. The third kappa shape index (κ3) is 4.33. The van der Waals surface area contributed by atoms with E-state index in [-0.39, 0.29) is 6.61 Å². The fourth-order valence-electron chi connectivity index (χ4n) is 0.803. The molecule has 0 aromatic carbocycles. The number of hydrogen-bond acceptors (Lipinski definition) is 1. The Morgan fingerprint density at radius 2 is 2.10 bits per heavy atom. The molecule has 1 N–H and O–H groups in total. The summed E-state index contributed by atoms with van der Waals surface area (Å²) >= 11 is 0. The molecule has 0 spiro atoms. The monoisotopic (exact) mass is 140 g/mol. The summed E-state index contributed by atoms with van der Waals surface area (Å²) in [5, 5.41) is 8.79. The summed E-state index contributed by atoms with van der Waals surface area (Å²) in [6.45, 7) is 6.28. The Morgan fingerprint density at radius 3 is 2.40 bits per heavy atom. The minimum Gasteiger partial charge on any atom is -0.392 e. The van der Waals surface area contributed by atoms with Crippen LogP contribution in [0, 0.1) is 5.92 Å². The van der Waals surface area contributed by atoms with Crippen LogP contribution in [0.15, 0.2) is 23.8 Å². The molecule has 0 amide bonds. The second kappa shape index (κ2) is 5.24. The average molecular weight is 140 g/mol. The Kier molecular flexibility index (Phi) is 4.95. The van der Waals surface area contributed by atoms with E-state index in [1.165, 1.54) is 0 Å². The fraction of sp³-hybridized carbons (Fsp3) is 0.556. The van der Waals surface area contributed by atoms with E-state index in [1.807, 2.05) is 19.1 Å². The van der Waals surface area contributed by atoms with Gasteiger partial charge in [0, 0.05) is 0 Å². The van der Waals surface area contributed by atoms with Crippen LogP contribution in [-0.2, 0) is 0 Å². The highest BCUT2D eigenvalue weighted by molar-refractivity contribution is 5.18. The highest BCUT2D eigenvalue weighted by Gasteiger charge is 1.90. The summed E-state index contributed by atoms with van der Waals surface area (Å²) in [6.07, 6.45) is 5.92. The molecule has 1 nitrogen and oxygen atoms in total. The van der Waals surface area contributed by atoms with Gasteiger partial charge in [0.25, 0.3) is 0 Å². The molecule has 0 rings (SSSR count). The molecule has 0 aliphatic rings. The van der Waals surface area contributed by atoms with Gasteiger partial charge in [0.05, 0.1) is 6.61 Å². The largest absolute Gasteiger partial charge is 0.392 e. The molecule has 0 bridgehead atoms. The van der Waals surface area contributed by atoms with E-state index < -0.39 is 0 Å². The van der Waals surface area contributed by atoms with Gasteiger partial charge in [-0.3, -0.25) is 0 Å². The van der Waals surface area contributed by atoms with Crippen LogP contribution < -0.4 is 0 Å². The lowest BCUT2D eigenvalue weighted by Gasteiger charge is -1.98. The third-order valence-electron chi connectivity index (χ3n) is 1.11. The van der Waals surface area contributed by atoms with Crippen molar-refractivity contribution in [2.75, 3.05) is 6.61 Å². The molecular weight excluding hydrogens is 124 g/mol. The van der Waals surface area contributed by atoms with Gasteiger partial charge in [-0.2, -0.15) is 0 Å². The van der Waals surface area contributed by atoms with Gasteiger partial charge in [-0.15, -0.1) is 0 Å². The van der Waals surface area contributed by atoms with Crippen molar-refractivity contribution < 1.29 is 5.11 Å². The van der Waals surface area contributed by atoms with Crippen LogP contribution in [0.4, 0.5) is 0 Å². The van der Waals surface area contributed by atoms with Crippen molar-refractivity contribution in [3.63, 3.8) is 0 Å². The molecule has 0 saturated heterocycles. The Balaban J connectivity index is 4.04. The predicted molar refractivity (Wildman–Crippen MR) is 44.8 cm³/mol. The van der Waals surface area contributed by atoms with Crippen LogP contribution >= 0.6 is 0 Å². The second-order valence-electron chi connectivity index (χ2n) is 2.64. The van der Waals surface area contributed by atoms with Crippen LogP contribution in [-0.4, -0.2) is 11.7 Å². The van der Waals surface area contributed by atoms with E-state index in [0.717, 1.165) is 5.57 Å². The van der Waals surface area contributed by atoms with E-state index in [1.54, 1.807) is 0 Å². The lowest BCUT2D eigenvalue weighted by atomic mass is 10.1. The highest BCUT2D eigenvalue weighted by atomic mass is 16.3. The number of rotatable bonds is 3. The van der Waals surface area contributed by atoms with E-state index >= 15 is 0 Å². The molecule has 0 aliphatic carbocycles. The number of aliphatic hydroxyl groups is 1. The zero-order valence-corrected chi connectivity index (χ0v) is 6.96. The molecule has 58 valence electrons. The van der Waals surface area contributed by atoms with Crippen molar-refractivity contribution in [2.45, 2.75) is 20.8 Å². The zero-order chi connectivity index (χ0) is 7.98. The summed E-state index contributed by atoms with van der Waals surface area (Å²) < 4.78 is 0. The first kappa shape index (κ1) is 9.44. The van der Waals surface area contributed by atoms with Gasteiger partial charge in [-0.25, -0.2) is 0 Å². The fourth-order valence-corrected chi connectivity index (χ4v) is 0.803. The molecular formula is C9H16O. The Morgan fingerprint density at radius 1 is 1.50 bits per heavy atom. The van der Waals surface area contributed by atoms with Crippen LogP contribution in [0.25, 0.3) is 0 Å². The SMILES string of the molecule is C/C=C\C(=C/C(C)C)CO. The van der Waals surface area contributed by atoms with Crippen molar-refractivity contribution in [1.29, 1.82) is 0 Å². The first-order valence-corrected chi connectivity index (χ1v) is 3.65. The van der Waals surface area contributed by atoms with Crippen molar-refractivity contribution in [2.24, 2.45) is 5.92 Å². The molecule has 0 saturated carbocycles. The molecule has 0 unspecified atom stereocenters. The van der Waals surface area contributed by atoms with E-state index in [2.05, 4.69) is 19.9 Å². The smallest absolute Gasteiger partial charge is 0.0678 e. The first-order chi connectivity index (χ1) is 4.70. The Hall–Kier alpha value is -0.560. The summed E-state index contributed by atoms with van der Waals surface area (Å²) in [6, 6.07) is 0. The van der Waals surface area contributed by atoms with Crippen molar-refractivity contribution in [3.8, 4) is 0 Å². The number of allylic oxidation sites excluding steroid dienone is 2. The van der Waals surface area contributed by atoms with E-state index in [4.69, 9.17) is 5.11 Å². The molecule has 10 heavy (non-hydrogen) atoms. The Bertz CT molecular complexity index is 132. The van der Waals surface area contributed by atoms with Crippen molar-refractivity contribution >= 4 is 0 Å². The molecule has 0 fully saturated rings. The maximum Gasteiger partial charge on any atom is 0.0678 e. The molecule has 0 atom stereocenters. The molecule has 0 aromatic heterocycles. The predicted octanol–water partition coefficient (Wildman–Crippen LogP) is 2.14. The molecule has 0 heterocycles. The first-order valence-electron chi connectivity index (χ1n) is 3.65. The second-order valence-corrected chi connectivity index (χ2v) is 2.64. The third-order valence-corrected chi connectivity index (χ3v) is 1.11. The lowest BCUT2D eigenvalue weighted by Crippen LogP contribution is -1.89. The number of hydrogen-bond donors (Lipinski definition) is 1. The normalized spacial score (nSPS) is 13.5. The number of aliphatic hydroxyl groups excluding tert-OH is 1. The van der Waals surface area contributed by atoms with Gasteiger partial charge in [-0.1, -0.05) is 32.1 Å². The molecule has 0 radical (unpaired) electrons. The maximum atomic E-state index is 8.79. The summed E-state index contributed by atoms with van der Waals surface area (Å²) in [5.41, 5.74) is 0.998. The van der Waals surface area contributed by atoms with Gasteiger partial charge >= 0.3 is 0 Å². The quantitative estimate of drug-likeness (QED) is 0.595. The average Bonchev–Trinajstić information content (AvgIpc) is 1.86. The van der Waals surface area contributed by atoms with Crippen molar-refractivity contribution in [1.82, 2.24) is 0 Å². The van der Waals surface area contributed by atoms with Gasteiger partial charge in [-0.05, 0) is 18.4 Å². The van der Waals surface area contributed by atoms with Crippen LogP contribution in [0.2, 0.25) is 0 Å². The zero-order valence-electron chi connectivity index (χ0n) is 6.96. The van der Waals surface area contributed by atoms with E-state index in [0.29, 0.717) is 5.92 Å². The van der Waals surface area contributed by atoms with Gasteiger partial charge in [0.15, 0.2) is 0 Å². The summed E-state index contributed by atoms with van der Waals surface area (Å²) in [5.74, 6) is 0.512. The Labute approximate surface area is 63.1 Å².